The van der Waals surface area contributed by atoms with Gasteiger partial charge in [0.2, 0.25) is 17.6 Å². The number of rotatable bonds is 7. The third kappa shape index (κ3) is 5.59. The lowest BCUT2D eigenvalue weighted by Gasteiger charge is -2.34. The van der Waals surface area contributed by atoms with E-state index in [1.165, 1.54) is 6.07 Å². The summed E-state index contributed by atoms with van der Waals surface area (Å²) in [5.41, 5.74) is 0.840. The van der Waals surface area contributed by atoms with E-state index in [-0.39, 0.29) is 24.7 Å². The van der Waals surface area contributed by atoms with Gasteiger partial charge in [0.15, 0.2) is 11.6 Å². The van der Waals surface area contributed by atoms with Gasteiger partial charge in [0.05, 0.1) is 19.6 Å². The molecule has 162 valence electrons. The van der Waals surface area contributed by atoms with Crippen LogP contribution in [0, 0.1) is 5.82 Å². The molecule has 1 fully saturated rings. The normalized spacial score (nSPS) is 14.6. The Morgan fingerprint density at radius 3 is 2.58 bits per heavy atom. The van der Waals surface area contributed by atoms with E-state index < -0.39 is 5.82 Å². The van der Waals surface area contributed by atoms with E-state index in [9.17, 15) is 9.18 Å². The molecule has 0 spiro atoms. The molecule has 3 aromatic rings. The van der Waals surface area contributed by atoms with Crippen LogP contribution in [0.25, 0.3) is 11.4 Å². The van der Waals surface area contributed by atoms with E-state index in [0.717, 1.165) is 5.56 Å². The van der Waals surface area contributed by atoms with Crippen molar-refractivity contribution >= 4 is 17.5 Å². The molecule has 0 atom stereocenters. The lowest BCUT2D eigenvalue weighted by molar-refractivity contribution is -0.133. The monoisotopic (exact) mass is 444 g/mol. The third-order valence-corrected chi connectivity index (χ3v) is 5.32. The van der Waals surface area contributed by atoms with Crippen LogP contribution in [0.15, 0.2) is 53.1 Å². The number of hydrogen-bond donors (Lipinski definition) is 0. The predicted molar refractivity (Wildman–Crippen MR) is 113 cm³/mol. The average Bonchev–Trinajstić information content (AvgIpc) is 3.24. The lowest BCUT2D eigenvalue weighted by Crippen LogP contribution is -2.48. The molecule has 2 heterocycles. The first-order chi connectivity index (χ1) is 15.1. The van der Waals surface area contributed by atoms with E-state index >= 15 is 0 Å². The highest BCUT2D eigenvalue weighted by atomic mass is 35.5. The molecule has 1 amide bonds. The van der Waals surface area contributed by atoms with Crippen LogP contribution >= 0.6 is 11.6 Å². The Kier molecular flexibility index (Phi) is 6.79. The van der Waals surface area contributed by atoms with Crippen molar-refractivity contribution in [3.05, 3.63) is 65.3 Å². The fourth-order valence-electron chi connectivity index (χ4n) is 3.35. The van der Waals surface area contributed by atoms with Crippen molar-refractivity contribution < 1.29 is 18.4 Å². The van der Waals surface area contributed by atoms with E-state index in [4.69, 9.17) is 20.9 Å². The minimum Gasteiger partial charge on any atom is -0.490 e. The molecule has 9 heteroatoms. The van der Waals surface area contributed by atoms with Crippen LogP contribution in [0.3, 0.4) is 0 Å². The number of para-hydroxylation sites is 1. The Morgan fingerprint density at radius 2 is 1.84 bits per heavy atom. The van der Waals surface area contributed by atoms with E-state index in [1.54, 1.807) is 35.2 Å². The van der Waals surface area contributed by atoms with E-state index in [2.05, 4.69) is 15.0 Å². The van der Waals surface area contributed by atoms with Crippen molar-refractivity contribution in [1.82, 2.24) is 19.9 Å². The van der Waals surface area contributed by atoms with Crippen LogP contribution in [-0.2, 0) is 11.3 Å². The van der Waals surface area contributed by atoms with Crippen LogP contribution in [-0.4, -0.2) is 58.6 Å². The molecule has 1 aliphatic rings. The minimum atomic E-state index is -0.427. The summed E-state index contributed by atoms with van der Waals surface area (Å²) in [5.74, 6) is 0.790. The largest absolute Gasteiger partial charge is 0.490 e. The number of hydrogen-bond acceptors (Lipinski definition) is 6. The molecule has 0 bridgehead atoms. The Labute approximate surface area is 184 Å². The van der Waals surface area contributed by atoms with Gasteiger partial charge in [0.25, 0.3) is 0 Å². The molecule has 2 aromatic carbocycles. The third-order valence-electron chi connectivity index (χ3n) is 5.06. The summed E-state index contributed by atoms with van der Waals surface area (Å²) >= 11 is 5.91. The van der Waals surface area contributed by atoms with Gasteiger partial charge in [-0.3, -0.25) is 9.69 Å². The maximum Gasteiger partial charge on any atom is 0.241 e. The van der Waals surface area contributed by atoms with Crippen molar-refractivity contribution in [2.24, 2.45) is 0 Å². The molecule has 1 aromatic heterocycles. The Morgan fingerprint density at radius 1 is 1.10 bits per heavy atom. The zero-order chi connectivity index (χ0) is 21.6. The van der Waals surface area contributed by atoms with E-state index in [1.807, 2.05) is 12.1 Å². The standard InChI is InChI=1S/C22H22ClFN4O3/c23-17-7-5-16(6-8-17)22-25-20(31-26-22)15-27-10-12-28(13-11-27)21(29)9-14-30-19-4-2-1-3-18(19)24/h1-8H,9-15H2. The van der Waals surface area contributed by atoms with Crippen molar-refractivity contribution in [2.75, 3.05) is 32.8 Å². The van der Waals surface area contributed by atoms with Gasteiger partial charge in [0.1, 0.15) is 0 Å². The number of carbonyl (C=O) groups excluding carboxylic acids is 1. The fourth-order valence-corrected chi connectivity index (χ4v) is 3.48. The van der Waals surface area contributed by atoms with Crippen LogP contribution in [0.2, 0.25) is 5.02 Å². The van der Waals surface area contributed by atoms with Crippen LogP contribution in [0.5, 0.6) is 5.75 Å². The Balaban J connectivity index is 1.21. The first kappa shape index (κ1) is 21.3. The zero-order valence-corrected chi connectivity index (χ0v) is 17.6. The fraction of sp³-hybridized carbons (Fsp3) is 0.318. The van der Waals surface area contributed by atoms with Gasteiger partial charge in [-0.15, -0.1) is 0 Å². The lowest BCUT2D eigenvalue weighted by atomic mass is 10.2. The summed E-state index contributed by atoms with van der Waals surface area (Å²) in [4.78, 5) is 20.8. The van der Waals surface area contributed by atoms with Gasteiger partial charge < -0.3 is 14.2 Å². The summed E-state index contributed by atoms with van der Waals surface area (Å²) in [6.07, 6.45) is 0.211. The summed E-state index contributed by atoms with van der Waals surface area (Å²) in [6, 6.07) is 13.4. The number of piperazine rings is 1. The summed E-state index contributed by atoms with van der Waals surface area (Å²) < 4.78 is 24.3. The first-order valence-corrected chi connectivity index (χ1v) is 10.4. The number of aromatic nitrogens is 2. The van der Waals surface area contributed by atoms with Gasteiger partial charge in [-0.05, 0) is 36.4 Å². The van der Waals surface area contributed by atoms with Gasteiger partial charge in [-0.2, -0.15) is 4.98 Å². The number of carbonyl (C=O) groups is 1. The maximum absolute atomic E-state index is 13.6. The highest BCUT2D eigenvalue weighted by Crippen LogP contribution is 2.19. The van der Waals surface area contributed by atoms with Crippen LogP contribution in [0.1, 0.15) is 12.3 Å². The summed E-state index contributed by atoms with van der Waals surface area (Å²) in [5, 5.41) is 4.68. The number of halogens is 2. The predicted octanol–water partition coefficient (Wildman–Crippen LogP) is 3.64. The Bertz CT molecular complexity index is 1020. The molecule has 1 saturated heterocycles. The number of amides is 1. The van der Waals surface area contributed by atoms with Crippen LogP contribution in [0.4, 0.5) is 4.39 Å². The summed E-state index contributed by atoms with van der Waals surface area (Å²) in [6.45, 7) is 3.30. The molecule has 0 radical (unpaired) electrons. The second-order valence-electron chi connectivity index (χ2n) is 7.20. The second-order valence-corrected chi connectivity index (χ2v) is 7.64. The highest BCUT2D eigenvalue weighted by molar-refractivity contribution is 6.30. The van der Waals surface area contributed by atoms with Gasteiger partial charge in [-0.25, -0.2) is 4.39 Å². The van der Waals surface area contributed by atoms with Gasteiger partial charge in [0, 0.05) is 36.8 Å². The average molecular weight is 445 g/mol. The highest BCUT2D eigenvalue weighted by Gasteiger charge is 2.22. The molecule has 1 aliphatic heterocycles. The van der Waals surface area contributed by atoms with Gasteiger partial charge in [-0.1, -0.05) is 28.9 Å². The molecule has 0 saturated carbocycles. The molecule has 7 nitrogen and oxygen atoms in total. The van der Waals surface area contributed by atoms with Crippen molar-refractivity contribution in [3.8, 4) is 17.1 Å². The summed E-state index contributed by atoms with van der Waals surface area (Å²) in [7, 11) is 0. The van der Waals surface area contributed by atoms with Crippen molar-refractivity contribution in [3.63, 3.8) is 0 Å². The topological polar surface area (TPSA) is 71.7 Å². The van der Waals surface area contributed by atoms with Crippen molar-refractivity contribution in [1.29, 1.82) is 0 Å². The SMILES string of the molecule is O=C(CCOc1ccccc1F)N1CCN(Cc2nc(-c3ccc(Cl)cc3)no2)CC1. The quantitative estimate of drug-likeness (QED) is 0.554. The number of nitrogens with zero attached hydrogens (tertiary/aromatic N) is 4. The maximum atomic E-state index is 13.6. The molecule has 31 heavy (non-hydrogen) atoms. The van der Waals surface area contributed by atoms with Gasteiger partial charge >= 0.3 is 0 Å². The first-order valence-electron chi connectivity index (χ1n) is 10.0. The van der Waals surface area contributed by atoms with Crippen LogP contribution < -0.4 is 4.74 Å². The molecular weight excluding hydrogens is 423 g/mol. The van der Waals surface area contributed by atoms with Crippen molar-refractivity contribution in [2.45, 2.75) is 13.0 Å². The molecule has 0 unspecified atom stereocenters. The number of ether oxygens (including phenoxy) is 1. The van der Waals surface area contributed by atoms with E-state index in [0.29, 0.717) is 49.5 Å². The molecule has 0 N–H and O–H groups in total. The molecular formula is C22H22ClFN4O3. The number of benzene rings is 2. The Hall–Kier alpha value is -2.97. The molecule has 4 rings (SSSR count). The zero-order valence-electron chi connectivity index (χ0n) is 16.8. The smallest absolute Gasteiger partial charge is 0.241 e. The second kappa shape index (κ2) is 9.89. The molecule has 0 aliphatic carbocycles. The minimum absolute atomic E-state index is 0.00111.